The molecule has 22 heavy (non-hydrogen) atoms. The normalized spacial score (nSPS) is 10.2. The maximum atomic E-state index is 5.95. The Kier molecular flexibility index (Phi) is 4.40. The largest absolute Gasteiger partial charge is 0.457 e. The third-order valence-electron chi connectivity index (χ3n) is 3.36. The molecule has 110 valence electrons. The smallest absolute Gasteiger partial charge is 0.130 e. The van der Waals surface area contributed by atoms with Crippen LogP contribution in [0.4, 0.5) is 0 Å². The van der Waals surface area contributed by atoms with E-state index in [9.17, 15) is 0 Å². The molecule has 0 aromatic heterocycles. The van der Waals surface area contributed by atoms with Crippen LogP contribution in [0.15, 0.2) is 78.9 Å². The van der Waals surface area contributed by atoms with Gasteiger partial charge in [-0.15, -0.1) is 0 Å². The summed E-state index contributed by atoms with van der Waals surface area (Å²) in [4.78, 5) is 0. The maximum Gasteiger partial charge on any atom is 0.130 e. The first-order valence-corrected chi connectivity index (χ1v) is 7.44. The molecule has 0 spiro atoms. The number of hydrogen-bond donors (Lipinski definition) is 0. The molecule has 3 aromatic carbocycles. The minimum Gasteiger partial charge on any atom is -0.457 e. The number of benzene rings is 3. The first kappa shape index (κ1) is 14.2. The van der Waals surface area contributed by atoms with Gasteiger partial charge in [-0.25, -0.2) is 0 Å². The standard InChI is InChI=1S/C20H18O2/c1-2-16-15-19(21-17-9-5-3-6-10-17)13-14-20(16)22-18-11-7-4-8-12-18/h3-15H,2H2,1H3. The third-order valence-corrected chi connectivity index (χ3v) is 3.36. The Morgan fingerprint density at radius 3 is 1.82 bits per heavy atom. The van der Waals surface area contributed by atoms with Gasteiger partial charge in [0.2, 0.25) is 0 Å². The zero-order valence-electron chi connectivity index (χ0n) is 12.5. The van der Waals surface area contributed by atoms with Gasteiger partial charge in [0, 0.05) is 0 Å². The van der Waals surface area contributed by atoms with Gasteiger partial charge in [-0.1, -0.05) is 43.3 Å². The molecular formula is C20H18O2. The van der Waals surface area contributed by atoms with Crippen molar-refractivity contribution in [1.29, 1.82) is 0 Å². The molecule has 0 atom stereocenters. The van der Waals surface area contributed by atoms with Crippen molar-refractivity contribution in [3.8, 4) is 23.0 Å². The van der Waals surface area contributed by atoms with Gasteiger partial charge in [0.05, 0.1) is 0 Å². The van der Waals surface area contributed by atoms with Gasteiger partial charge in [-0.2, -0.15) is 0 Å². The Balaban J connectivity index is 1.81. The van der Waals surface area contributed by atoms with Gasteiger partial charge in [0.25, 0.3) is 0 Å². The summed E-state index contributed by atoms with van der Waals surface area (Å²) < 4.78 is 11.8. The van der Waals surface area contributed by atoms with Gasteiger partial charge < -0.3 is 9.47 Å². The predicted molar refractivity (Wildman–Crippen MR) is 88.9 cm³/mol. The van der Waals surface area contributed by atoms with Crippen molar-refractivity contribution in [3.05, 3.63) is 84.4 Å². The van der Waals surface area contributed by atoms with Crippen LogP contribution in [0.3, 0.4) is 0 Å². The minimum absolute atomic E-state index is 0.823. The minimum atomic E-state index is 0.823. The molecule has 2 nitrogen and oxygen atoms in total. The lowest BCUT2D eigenvalue weighted by atomic mass is 10.1. The highest BCUT2D eigenvalue weighted by molar-refractivity contribution is 5.44. The highest BCUT2D eigenvalue weighted by Crippen LogP contribution is 2.31. The van der Waals surface area contributed by atoms with E-state index in [0.717, 1.165) is 35.0 Å². The highest BCUT2D eigenvalue weighted by atomic mass is 16.5. The number of aryl methyl sites for hydroxylation is 1. The average Bonchev–Trinajstić information content (AvgIpc) is 2.58. The first-order chi connectivity index (χ1) is 10.8. The fraction of sp³-hybridized carbons (Fsp3) is 0.100. The number of rotatable bonds is 5. The van der Waals surface area contributed by atoms with Crippen LogP contribution in [0, 0.1) is 0 Å². The Hall–Kier alpha value is -2.74. The quantitative estimate of drug-likeness (QED) is 0.588. The monoisotopic (exact) mass is 290 g/mol. The van der Waals surface area contributed by atoms with Crippen LogP contribution in [0.5, 0.6) is 23.0 Å². The highest BCUT2D eigenvalue weighted by Gasteiger charge is 2.06. The second kappa shape index (κ2) is 6.81. The van der Waals surface area contributed by atoms with Crippen LogP contribution in [-0.4, -0.2) is 0 Å². The lowest BCUT2D eigenvalue weighted by molar-refractivity contribution is 0.464. The molecule has 0 aliphatic rings. The molecule has 3 rings (SSSR count). The van der Waals surface area contributed by atoms with Crippen LogP contribution in [0.1, 0.15) is 12.5 Å². The summed E-state index contributed by atoms with van der Waals surface area (Å²) in [6.07, 6.45) is 0.883. The van der Waals surface area contributed by atoms with Crippen molar-refractivity contribution < 1.29 is 9.47 Å². The topological polar surface area (TPSA) is 18.5 Å². The lowest BCUT2D eigenvalue weighted by Crippen LogP contribution is -1.92. The molecule has 0 bridgehead atoms. The van der Waals surface area contributed by atoms with Crippen molar-refractivity contribution >= 4 is 0 Å². The van der Waals surface area contributed by atoms with Crippen LogP contribution in [0.2, 0.25) is 0 Å². The molecule has 0 aliphatic carbocycles. The van der Waals surface area contributed by atoms with Crippen LogP contribution in [-0.2, 0) is 6.42 Å². The summed E-state index contributed by atoms with van der Waals surface area (Å²) in [7, 11) is 0. The van der Waals surface area contributed by atoms with E-state index in [2.05, 4.69) is 6.92 Å². The van der Waals surface area contributed by atoms with E-state index in [4.69, 9.17) is 9.47 Å². The van der Waals surface area contributed by atoms with Gasteiger partial charge in [-0.3, -0.25) is 0 Å². The van der Waals surface area contributed by atoms with Crippen molar-refractivity contribution in [3.63, 3.8) is 0 Å². The maximum absolute atomic E-state index is 5.95. The van der Waals surface area contributed by atoms with Crippen molar-refractivity contribution in [1.82, 2.24) is 0 Å². The SMILES string of the molecule is CCc1cc(Oc2ccccc2)ccc1Oc1ccccc1. The average molecular weight is 290 g/mol. The molecular weight excluding hydrogens is 272 g/mol. The number of ether oxygens (including phenoxy) is 2. The molecule has 3 aromatic rings. The fourth-order valence-corrected chi connectivity index (χ4v) is 2.24. The van der Waals surface area contributed by atoms with E-state index in [-0.39, 0.29) is 0 Å². The molecule has 0 heterocycles. The molecule has 0 fully saturated rings. The second-order valence-corrected chi connectivity index (χ2v) is 4.95. The van der Waals surface area contributed by atoms with Gasteiger partial charge >= 0.3 is 0 Å². The number of hydrogen-bond acceptors (Lipinski definition) is 2. The van der Waals surface area contributed by atoms with E-state index in [1.807, 2.05) is 78.9 Å². The molecule has 0 aliphatic heterocycles. The Morgan fingerprint density at radius 2 is 1.23 bits per heavy atom. The van der Waals surface area contributed by atoms with E-state index in [1.165, 1.54) is 0 Å². The summed E-state index contributed by atoms with van der Waals surface area (Å²) in [5, 5.41) is 0. The first-order valence-electron chi connectivity index (χ1n) is 7.44. The zero-order valence-corrected chi connectivity index (χ0v) is 12.5. The van der Waals surface area contributed by atoms with Crippen LogP contribution < -0.4 is 9.47 Å². The third kappa shape index (κ3) is 3.47. The Morgan fingerprint density at radius 1 is 0.636 bits per heavy atom. The molecule has 0 N–H and O–H groups in total. The van der Waals surface area contributed by atoms with E-state index >= 15 is 0 Å². The van der Waals surface area contributed by atoms with E-state index < -0.39 is 0 Å². The van der Waals surface area contributed by atoms with Crippen molar-refractivity contribution in [2.45, 2.75) is 13.3 Å². The summed E-state index contributed by atoms with van der Waals surface area (Å²) >= 11 is 0. The van der Waals surface area contributed by atoms with Crippen LogP contribution >= 0.6 is 0 Å². The Bertz CT molecular complexity index is 721. The second-order valence-electron chi connectivity index (χ2n) is 4.95. The van der Waals surface area contributed by atoms with Crippen molar-refractivity contribution in [2.24, 2.45) is 0 Å². The lowest BCUT2D eigenvalue weighted by Gasteiger charge is -2.12. The summed E-state index contributed by atoms with van der Waals surface area (Å²) in [5.74, 6) is 3.37. The molecule has 0 saturated carbocycles. The summed E-state index contributed by atoms with van der Waals surface area (Å²) in [5.41, 5.74) is 1.12. The summed E-state index contributed by atoms with van der Waals surface area (Å²) in [6.45, 7) is 2.11. The molecule has 2 heteroatoms. The predicted octanol–water partition coefficient (Wildman–Crippen LogP) is 5.83. The van der Waals surface area contributed by atoms with E-state index in [0.29, 0.717) is 0 Å². The molecule has 0 unspecified atom stereocenters. The fourth-order valence-electron chi connectivity index (χ4n) is 2.24. The molecule has 0 saturated heterocycles. The molecule has 0 radical (unpaired) electrons. The molecule has 0 amide bonds. The van der Waals surface area contributed by atoms with Gasteiger partial charge in [-0.05, 0) is 54.4 Å². The van der Waals surface area contributed by atoms with E-state index in [1.54, 1.807) is 0 Å². The Labute approximate surface area is 131 Å². The summed E-state index contributed by atoms with van der Waals surface area (Å²) in [6, 6.07) is 25.5. The van der Waals surface area contributed by atoms with Crippen molar-refractivity contribution in [2.75, 3.05) is 0 Å². The van der Waals surface area contributed by atoms with Crippen LogP contribution in [0.25, 0.3) is 0 Å². The zero-order chi connectivity index (χ0) is 15.2. The number of para-hydroxylation sites is 2. The van der Waals surface area contributed by atoms with Gasteiger partial charge in [0.1, 0.15) is 23.0 Å². The van der Waals surface area contributed by atoms with Gasteiger partial charge in [0.15, 0.2) is 0 Å².